The van der Waals surface area contributed by atoms with Gasteiger partial charge in [0.25, 0.3) is 5.56 Å². The molecule has 8 nitrogen and oxygen atoms in total. The first kappa shape index (κ1) is 23.2. The Labute approximate surface area is 190 Å². The molecule has 0 aliphatic heterocycles. The number of rotatable bonds is 6. The van der Waals surface area contributed by atoms with Gasteiger partial charge in [0.1, 0.15) is 0 Å². The molecule has 0 fully saturated rings. The normalized spacial score (nSPS) is 11.7. The van der Waals surface area contributed by atoms with Crippen LogP contribution in [0.4, 0.5) is 11.4 Å². The maximum atomic E-state index is 12.7. The van der Waals surface area contributed by atoms with E-state index >= 15 is 0 Å². The monoisotopic (exact) mass is 451 g/mol. The number of aromatic amines is 1. The van der Waals surface area contributed by atoms with E-state index < -0.39 is 10.8 Å². The second kappa shape index (κ2) is 9.78. The van der Waals surface area contributed by atoms with Crippen LogP contribution in [0.25, 0.3) is 11.3 Å². The van der Waals surface area contributed by atoms with Gasteiger partial charge < -0.3 is 10.6 Å². The molecule has 0 aliphatic rings. The largest absolute Gasteiger partial charge is 0.326 e. The van der Waals surface area contributed by atoms with Crippen LogP contribution in [-0.4, -0.2) is 32.2 Å². The van der Waals surface area contributed by atoms with Gasteiger partial charge in [0.05, 0.1) is 10.9 Å². The van der Waals surface area contributed by atoms with Gasteiger partial charge in [-0.25, -0.2) is 0 Å². The van der Waals surface area contributed by atoms with Crippen molar-refractivity contribution in [1.29, 1.82) is 0 Å². The van der Waals surface area contributed by atoms with Crippen LogP contribution in [0.15, 0.2) is 46.3 Å². The van der Waals surface area contributed by atoms with Crippen molar-refractivity contribution in [1.82, 2.24) is 15.2 Å². The first-order valence-corrected chi connectivity index (χ1v) is 10.9. The van der Waals surface area contributed by atoms with Crippen molar-refractivity contribution < 1.29 is 9.59 Å². The maximum absolute atomic E-state index is 12.7. The number of nitrogens with zero attached hydrogens (tertiary/aromatic N) is 2. The molecule has 2 aromatic carbocycles. The van der Waals surface area contributed by atoms with Gasteiger partial charge in [-0.3, -0.25) is 19.4 Å². The number of carbonyl (C=O) groups excluding carboxylic acids is 2. The molecular weight excluding hydrogens is 426 g/mol. The van der Waals surface area contributed by atoms with E-state index in [2.05, 4.69) is 25.8 Å². The van der Waals surface area contributed by atoms with E-state index in [0.717, 1.165) is 34.1 Å². The highest BCUT2D eigenvalue weighted by atomic mass is 32.2. The number of hydrogen-bond donors (Lipinski definition) is 3. The summed E-state index contributed by atoms with van der Waals surface area (Å²) in [4.78, 5) is 39.5. The second-order valence-corrected chi connectivity index (χ2v) is 8.86. The molecule has 1 unspecified atom stereocenters. The predicted octanol–water partition coefficient (Wildman–Crippen LogP) is 3.83. The first-order valence-electron chi connectivity index (χ1n) is 10.0. The van der Waals surface area contributed by atoms with Crippen LogP contribution < -0.4 is 16.2 Å². The molecule has 0 saturated carbocycles. The van der Waals surface area contributed by atoms with E-state index in [1.54, 1.807) is 19.1 Å². The molecule has 1 aromatic heterocycles. The van der Waals surface area contributed by atoms with E-state index in [0.29, 0.717) is 11.3 Å². The molecule has 3 N–H and O–H groups in total. The maximum Gasteiger partial charge on any atom is 0.278 e. The Hall–Kier alpha value is -3.46. The summed E-state index contributed by atoms with van der Waals surface area (Å²) in [5, 5.41) is 13.5. The Kier molecular flexibility index (Phi) is 7.09. The van der Waals surface area contributed by atoms with Crippen LogP contribution in [0.1, 0.15) is 30.5 Å². The molecule has 1 atom stereocenters. The number of benzene rings is 2. The Bertz CT molecular complexity index is 1240. The van der Waals surface area contributed by atoms with Crippen LogP contribution in [0.5, 0.6) is 0 Å². The SMILES string of the molecule is CC(=O)Nc1ccc(C)cc1-c1nnc(SC(C)C(=O)Nc2cccc(C)c2C)[nH]c1=O. The molecule has 2 amide bonds. The fourth-order valence-electron chi connectivity index (χ4n) is 3.05. The molecule has 0 radical (unpaired) electrons. The molecule has 3 rings (SSSR count). The van der Waals surface area contributed by atoms with Gasteiger partial charge >= 0.3 is 0 Å². The number of H-pyrrole nitrogens is 1. The summed E-state index contributed by atoms with van der Waals surface area (Å²) in [5.74, 6) is -0.461. The molecule has 0 bridgehead atoms. The predicted molar refractivity (Wildman–Crippen MR) is 127 cm³/mol. The molecule has 0 saturated heterocycles. The quantitative estimate of drug-likeness (QED) is 0.490. The molecular formula is C23H25N5O3S. The molecule has 166 valence electrons. The third-order valence-corrected chi connectivity index (χ3v) is 5.91. The Balaban J connectivity index is 1.79. The number of thioether (sulfide) groups is 1. The zero-order valence-corrected chi connectivity index (χ0v) is 19.4. The number of hydrogen-bond acceptors (Lipinski definition) is 6. The number of aryl methyl sites for hydroxylation is 2. The van der Waals surface area contributed by atoms with Crippen LogP contribution >= 0.6 is 11.8 Å². The lowest BCUT2D eigenvalue weighted by Crippen LogP contribution is -2.24. The highest BCUT2D eigenvalue weighted by Gasteiger charge is 2.19. The fourth-order valence-corrected chi connectivity index (χ4v) is 3.79. The molecule has 1 heterocycles. The standard InChI is InChI=1S/C23H25N5O3S/c1-12-9-10-19(24-16(5)29)17(11-12)20-22(31)26-23(28-27-20)32-15(4)21(30)25-18-8-6-7-13(2)14(18)3/h6-11,15H,1-5H3,(H,24,29)(H,25,30)(H,26,28,31). The number of carbonyl (C=O) groups is 2. The van der Waals surface area contributed by atoms with Gasteiger partial charge in [-0.2, -0.15) is 0 Å². The highest BCUT2D eigenvalue weighted by Crippen LogP contribution is 2.27. The fraction of sp³-hybridized carbons (Fsp3) is 0.261. The minimum atomic E-state index is -0.514. The summed E-state index contributed by atoms with van der Waals surface area (Å²) in [6.45, 7) is 8.93. The second-order valence-electron chi connectivity index (χ2n) is 7.53. The van der Waals surface area contributed by atoms with E-state index in [9.17, 15) is 14.4 Å². The van der Waals surface area contributed by atoms with Gasteiger partial charge in [0.15, 0.2) is 10.9 Å². The summed E-state index contributed by atoms with van der Waals surface area (Å²) in [6, 6.07) is 11.0. The summed E-state index contributed by atoms with van der Waals surface area (Å²) in [6.07, 6.45) is 0. The van der Waals surface area contributed by atoms with Crippen LogP contribution in [0.3, 0.4) is 0 Å². The van der Waals surface area contributed by atoms with Crippen molar-refractivity contribution >= 4 is 35.0 Å². The lowest BCUT2D eigenvalue weighted by Gasteiger charge is -2.14. The van der Waals surface area contributed by atoms with Gasteiger partial charge in [-0.15, -0.1) is 10.2 Å². The summed E-state index contributed by atoms with van der Waals surface area (Å²) in [5.41, 5.74) is 4.34. The van der Waals surface area contributed by atoms with Crippen molar-refractivity contribution in [3.8, 4) is 11.3 Å². The lowest BCUT2D eigenvalue weighted by atomic mass is 10.1. The first-order chi connectivity index (χ1) is 15.2. The van der Waals surface area contributed by atoms with Crippen molar-refractivity contribution in [2.45, 2.75) is 45.0 Å². The zero-order valence-electron chi connectivity index (χ0n) is 18.6. The summed E-state index contributed by atoms with van der Waals surface area (Å²) >= 11 is 1.11. The van der Waals surface area contributed by atoms with Crippen molar-refractivity contribution in [2.75, 3.05) is 10.6 Å². The van der Waals surface area contributed by atoms with Crippen LogP contribution in [0.2, 0.25) is 0 Å². The zero-order chi connectivity index (χ0) is 23.4. The molecule has 3 aromatic rings. The summed E-state index contributed by atoms with van der Waals surface area (Å²) in [7, 11) is 0. The smallest absolute Gasteiger partial charge is 0.278 e. The van der Waals surface area contributed by atoms with Crippen molar-refractivity contribution in [3.63, 3.8) is 0 Å². The van der Waals surface area contributed by atoms with E-state index in [1.807, 2.05) is 45.0 Å². The van der Waals surface area contributed by atoms with Gasteiger partial charge in [0, 0.05) is 18.2 Å². The van der Waals surface area contributed by atoms with E-state index in [4.69, 9.17) is 0 Å². The van der Waals surface area contributed by atoms with E-state index in [1.165, 1.54) is 6.92 Å². The van der Waals surface area contributed by atoms with Gasteiger partial charge in [-0.05, 0) is 57.0 Å². The Morgan fingerprint density at radius 1 is 1.03 bits per heavy atom. The topological polar surface area (TPSA) is 117 Å². The van der Waals surface area contributed by atoms with Gasteiger partial charge in [-0.1, -0.05) is 35.5 Å². The van der Waals surface area contributed by atoms with Gasteiger partial charge in [0.2, 0.25) is 11.8 Å². The highest BCUT2D eigenvalue weighted by molar-refractivity contribution is 8.00. The molecule has 32 heavy (non-hydrogen) atoms. The number of aromatic nitrogens is 3. The summed E-state index contributed by atoms with van der Waals surface area (Å²) < 4.78 is 0. The minimum absolute atomic E-state index is 0.0919. The Morgan fingerprint density at radius 2 is 1.78 bits per heavy atom. The third-order valence-electron chi connectivity index (χ3n) is 4.94. The average Bonchev–Trinajstić information content (AvgIpc) is 2.72. The van der Waals surface area contributed by atoms with Crippen molar-refractivity contribution in [3.05, 3.63) is 63.4 Å². The van der Waals surface area contributed by atoms with Crippen molar-refractivity contribution in [2.24, 2.45) is 0 Å². The third kappa shape index (κ3) is 5.42. The van der Waals surface area contributed by atoms with Crippen LogP contribution in [0, 0.1) is 20.8 Å². The lowest BCUT2D eigenvalue weighted by molar-refractivity contribution is -0.115. The average molecular weight is 452 g/mol. The number of nitrogens with one attached hydrogen (secondary N) is 3. The Morgan fingerprint density at radius 3 is 2.47 bits per heavy atom. The molecule has 0 aliphatic carbocycles. The number of anilines is 2. The molecule has 9 heteroatoms. The minimum Gasteiger partial charge on any atom is -0.326 e. The van der Waals surface area contributed by atoms with E-state index in [-0.39, 0.29) is 22.7 Å². The molecule has 0 spiro atoms. The number of amides is 2. The van der Waals surface area contributed by atoms with Crippen LogP contribution in [-0.2, 0) is 9.59 Å².